The first-order valence-corrected chi connectivity index (χ1v) is 11.8. The van der Waals surface area contributed by atoms with Crippen LogP contribution in [0, 0.1) is 12.7 Å². The van der Waals surface area contributed by atoms with Crippen molar-refractivity contribution in [2.75, 3.05) is 23.4 Å². The summed E-state index contributed by atoms with van der Waals surface area (Å²) in [5.41, 5.74) is 3.98. The molecule has 0 bridgehead atoms. The Bertz CT molecular complexity index is 1290. The zero-order valence-electron chi connectivity index (χ0n) is 18.9. The number of aromatic nitrogens is 4. The van der Waals surface area contributed by atoms with Crippen LogP contribution in [0.2, 0.25) is 5.02 Å². The van der Waals surface area contributed by atoms with Gasteiger partial charge in [-0.25, -0.2) is 34.3 Å². The van der Waals surface area contributed by atoms with Crippen LogP contribution in [0.4, 0.5) is 27.5 Å². The average molecular weight is 478 g/mol. The van der Waals surface area contributed by atoms with Crippen molar-refractivity contribution >= 4 is 45.8 Å². The van der Waals surface area contributed by atoms with E-state index in [2.05, 4.69) is 61.5 Å². The lowest BCUT2D eigenvalue weighted by Gasteiger charge is -2.34. The van der Waals surface area contributed by atoms with Crippen LogP contribution in [0.1, 0.15) is 31.2 Å². The minimum Gasteiger partial charge on any atom is -0.338 e. The molecule has 2 aromatic carbocycles. The van der Waals surface area contributed by atoms with E-state index in [-0.39, 0.29) is 5.02 Å². The molecule has 34 heavy (non-hydrogen) atoms. The number of rotatable bonds is 5. The highest BCUT2D eigenvalue weighted by Crippen LogP contribution is 2.30. The molecular weight excluding hydrogens is 453 g/mol. The number of nitrogens with zero attached hydrogens (tertiary/aromatic N) is 6. The van der Waals surface area contributed by atoms with E-state index in [4.69, 9.17) is 16.6 Å². The molecule has 0 radical (unpaired) electrons. The fourth-order valence-electron chi connectivity index (χ4n) is 4.09. The molecular formula is C25H25ClFN7. The standard InChI is InChI=1S/C25H25ClFN7/c1-17-6-9-19(10-7-17)34(33-12-4-2-3-5-13-33)25-28-15-22-23(32-25)24(30-16-29-22)31-18-8-11-21(27)20(26)14-18/h6-11,14-16H,2-5,12-13H2,1H3,(H,29,30,31). The highest BCUT2D eigenvalue weighted by molar-refractivity contribution is 6.31. The van der Waals surface area contributed by atoms with Gasteiger partial charge in [0.1, 0.15) is 23.2 Å². The Morgan fingerprint density at radius 2 is 1.74 bits per heavy atom. The van der Waals surface area contributed by atoms with Gasteiger partial charge in [0, 0.05) is 18.8 Å². The van der Waals surface area contributed by atoms with Gasteiger partial charge in [0.05, 0.1) is 16.9 Å². The smallest absolute Gasteiger partial charge is 0.245 e. The number of aryl methyl sites for hydroxylation is 1. The number of benzene rings is 2. The second kappa shape index (κ2) is 9.87. The molecule has 2 aromatic heterocycles. The molecule has 1 fully saturated rings. The first kappa shape index (κ1) is 22.4. The summed E-state index contributed by atoms with van der Waals surface area (Å²) in [7, 11) is 0. The molecule has 0 spiro atoms. The Labute approximate surface area is 202 Å². The monoisotopic (exact) mass is 477 g/mol. The summed E-state index contributed by atoms with van der Waals surface area (Å²) in [5, 5.41) is 7.63. The van der Waals surface area contributed by atoms with Crippen LogP contribution in [0.5, 0.6) is 0 Å². The summed E-state index contributed by atoms with van der Waals surface area (Å²) >= 11 is 5.96. The summed E-state index contributed by atoms with van der Waals surface area (Å²) < 4.78 is 13.6. The minimum atomic E-state index is -0.476. The van der Waals surface area contributed by atoms with E-state index in [0.717, 1.165) is 31.6 Å². The highest BCUT2D eigenvalue weighted by atomic mass is 35.5. The minimum absolute atomic E-state index is 0.0328. The number of hydrazine groups is 1. The van der Waals surface area contributed by atoms with Gasteiger partial charge in [-0.15, -0.1) is 0 Å². The fraction of sp³-hybridized carbons (Fsp3) is 0.280. The van der Waals surface area contributed by atoms with E-state index < -0.39 is 5.82 Å². The molecule has 174 valence electrons. The van der Waals surface area contributed by atoms with Gasteiger partial charge in [0.25, 0.3) is 0 Å². The Hall–Kier alpha value is -3.36. The lowest BCUT2D eigenvalue weighted by molar-refractivity contribution is 0.285. The molecule has 0 amide bonds. The number of hydrogen-bond donors (Lipinski definition) is 1. The van der Waals surface area contributed by atoms with Crippen molar-refractivity contribution < 1.29 is 4.39 Å². The molecule has 1 aliphatic heterocycles. The van der Waals surface area contributed by atoms with Gasteiger partial charge in [-0.1, -0.05) is 42.1 Å². The van der Waals surface area contributed by atoms with Gasteiger partial charge in [-0.3, -0.25) is 0 Å². The first-order chi connectivity index (χ1) is 16.6. The maximum absolute atomic E-state index is 13.6. The Morgan fingerprint density at radius 1 is 0.971 bits per heavy atom. The summed E-state index contributed by atoms with van der Waals surface area (Å²) in [6, 6.07) is 12.8. The summed E-state index contributed by atoms with van der Waals surface area (Å²) in [6.07, 6.45) is 7.85. The van der Waals surface area contributed by atoms with Crippen LogP contribution in [0.25, 0.3) is 11.0 Å². The molecule has 5 rings (SSSR count). The van der Waals surface area contributed by atoms with Gasteiger partial charge in [0.15, 0.2) is 5.82 Å². The Kier molecular flexibility index (Phi) is 6.51. The van der Waals surface area contributed by atoms with E-state index in [9.17, 15) is 4.39 Å². The molecule has 3 heterocycles. The normalized spacial score (nSPS) is 14.7. The van der Waals surface area contributed by atoms with Crippen molar-refractivity contribution in [1.82, 2.24) is 24.9 Å². The van der Waals surface area contributed by atoms with Gasteiger partial charge in [0.2, 0.25) is 5.95 Å². The predicted octanol–water partition coefficient (Wildman–Crippen LogP) is 6.19. The van der Waals surface area contributed by atoms with Crippen LogP contribution in [0.15, 0.2) is 55.0 Å². The van der Waals surface area contributed by atoms with E-state index in [1.807, 2.05) is 0 Å². The molecule has 0 atom stereocenters. The first-order valence-electron chi connectivity index (χ1n) is 11.4. The molecule has 1 N–H and O–H groups in total. The van der Waals surface area contributed by atoms with Crippen LogP contribution in [0.3, 0.4) is 0 Å². The fourth-order valence-corrected chi connectivity index (χ4v) is 4.27. The zero-order chi connectivity index (χ0) is 23.5. The molecule has 7 nitrogen and oxygen atoms in total. The molecule has 0 unspecified atom stereocenters. The van der Waals surface area contributed by atoms with E-state index in [1.54, 1.807) is 12.3 Å². The third-order valence-electron chi connectivity index (χ3n) is 5.88. The molecule has 0 saturated carbocycles. The van der Waals surface area contributed by atoms with Crippen molar-refractivity contribution in [2.45, 2.75) is 32.6 Å². The lowest BCUT2D eigenvalue weighted by Crippen LogP contribution is -2.41. The largest absolute Gasteiger partial charge is 0.338 e. The Balaban J connectivity index is 1.57. The number of nitrogens with one attached hydrogen (secondary N) is 1. The van der Waals surface area contributed by atoms with Crippen molar-refractivity contribution in [3.05, 3.63) is 71.4 Å². The summed E-state index contributed by atoms with van der Waals surface area (Å²) in [6.45, 7) is 3.93. The third kappa shape index (κ3) is 4.78. The topological polar surface area (TPSA) is 70.1 Å². The van der Waals surface area contributed by atoms with Crippen LogP contribution < -0.4 is 10.3 Å². The van der Waals surface area contributed by atoms with E-state index >= 15 is 0 Å². The number of anilines is 4. The van der Waals surface area contributed by atoms with Crippen LogP contribution in [-0.2, 0) is 0 Å². The maximum atomic E-state index is 13.6. The van der Waals surface area contributed by atoms with E-state index in [0.29, 0.717) is 28.5 Å². The van der Waals surface area contributed by atoms with Crippen molar-refractivity contribution in [3.63, 3.8) is 0 Å². The van der Waals surface area contributed by atoms with Crippen LogP contribution >= 0.6 is 11.6 Å². The summed E-state index contributed by atoms with van der Waals surface area (Å²) in [5.74, 6) is 0.569. The molecule has 1 aliphatic rings. The van der Waals surface area contributed by atoms with Gasteiger partial charge >= 0.3 is 0 Å². The number of hydrogen-bond acceptors (Lipinski definition) is 7. The molecule has 0 aliphatic carbocycles. The highest BCUT2D eigenvalue weighted by Gasteiger charge is 2.23. The van der Waals surface area contributed by atoms with Gasteiger partial charge in [-0.05, 0) is 50.1 Å². The van der Waals surface area contributed by atoms with E-state index in [1.165, 1.54) is 36.9 Å². The summed E-state index contributed by atoms with van der Waals surface area (Å²) in [4.78, 5) is 18.3. The second-order valence-corrected chi connectivity index (χ2v) is 8.80. The van der Waals surface area contributed by atoms with Gasteiger partial charge in [-0.2, -0.15) is 0 Å². The molecule has 4 aromatic rings. The average Bonchev–Trinajstić information content (AvgIpc) is 3.13. The third-order valence-corrected chi connectivity index (χ3v) is 6.17. The Morgan fingerprint density at radius 3 is 2.47 bits per heavy atom. The quantitative estimate of drug-likeness (QED) is 0.367. The number of halogens is 2. The second-order valence-electron chi connectivity index (χ2n) is 8.40. The van der Waals surface area contributed by atoms with Crippen molar-refractivity contribution in [2.24, 2.45) is 0 Å². The lowest BCUT2D eigenvalue weighted by atomic mass is 10.2. The zero-order valence-corrected chi connectivity index (χ0v) is 19.6. The SMILES string of the molecule is Cc1ccc(N(c2ncc3ncnc(Nc4ccc(F)c(Cl)c4)c3n2)N2CCCCCC2)cc1. The number of fused-ring (bicyclic) bond motifs is 1. The maximum Gasteiger partial charge on any atom is 0.245 e. The predicted molar refractivity (Wildman–Crippen MR) is 133 cm³/mol. The molecule has 1 saturated heterocycles. The van der Waals surface area contributed by atoms with Crippen LogP contribution in [-0.4, -0.2) is 38.0 Å². The van der Waals surface area contributed by atoms with Crippen molar-refractivity contribution in [1.29, 1.82) is 0 Å². The van der Waals surface area contributed by atoms with Crippen molar-refractivity contribution in [3.8, 4) is 0 Å². The van der Waals surface area contributed by atoms with Gasteiger partial charge < -0.3 is 5.32 Å². The molecule has 9 heteroatoms.